The van der Waals surface area contributed by atoms with Gasteiger partial charge in [0, 0.05) is 25.2 Å². The number of rotatable bonds is 3. The number of aromatic amines is 1. The van der Waals surface area contributed by atoms with Gasteiger partial charge in [-0.05, 0) is 26.6 Å². The summed E-state index contributed by atoms with van der Waals surface area (Å²) in [5.41, 5.74) is -0.0277. The zero-order valence-corrected chi connectivity index (χ0v) is 11.2. The van der Waals surface area contributed by atoms with Crippen LogP contribution in [0.5, 0.6) is 0 Å². The number of nitrogens with one attached hydrogen (secondary N) is 1. The number of amides is 1. The molecule has 6 heteroatoms. The van der Waals surface area contributed by atoms with Gasteiger partial charge in [0.15, 0.2) is 0 Å². The first-order valence-electron chi connectivity index (χ1n) is 6.30. The van der Waals surface area contributed by atoms with Gasteiger partial charge in [0.1, 0.15) is 5.69 Å². The SMILES string of the molecule is CN(C)CC1CC(O)CN1C(=O)c1cccc(=O)[nH]1. The topological polar surface area (TPSA) is 76.6 Å². The smallest absolute Gasteiger partial charge is 0.270 e. The molecule has 0 aromatic carbocycles. The van der Waals surface area contributed by atoms with Gasteiger partial charge in [-0.2, -0.15) is 0 Å². The lowest BCUT2D eigenvalue weighted by Crippen LogP contribution is -2.42. The molecule has 2 atom stereocenters. The van der Waals surface area contributed by atoms with Crippen LogP contribution in [0.3, 0.4) is 0 Å². The zero-order chi connectivity index (χ0) is 14.0. The Morgan fingerprint density at radius 1 is 1.53 bits per heavy atom. The third kappa shape index (κ3) is 3.21. The lowest BCUT2D eigenvalue weighted by molar-refractivity contribution is 0.0693. The molecular formula is C13H19N3O3. The third-order valence-corrected chi connectivity index (χ3v) is 3.23. The summed E-state index contributed by atoms with van der Waals surface area (Å²) >= 11 is 0. The maximum absolute atomic E-state index is 12.4. The summed E-state index contributed by atoms with van der Waals surface area (Å²) in [6.07, 6.45) is 0.0744. The number of H-pyrrole nitrogens is 1. The fourth-order valence-electron chi connectivity index (χ4n) is 2.46. The van der Waals surface area contributed by atoms with Gasteiger partial charge in [0.05, 0.1) is 6.10 Å². The van der Waals surface area contributed by atoms with E-state index in [4.69, 9.17) is 0 Å². The summed E-state index contributed by atoms with van der Waals surface area (Å²) in [6.45, 7) is 1.01. The number of hydrogen-bond donors (Lipinski definition) is 2. The first-order chi connectivity index (χ1) is 8.97. The molecule has 0 aliphatic carbocycles. The molecular weight excluding hydrogens is 246 g/mol. The van der Waals surface area contributed by atoms with Crippen molar-refractivity contribution in [2.24, 2.45) is 0 Å². The van der Waals surface area contributed by atoms with Crippen molar-refractivity contribution < 1.29 is 9.90 Å². The maximum atomic E-state index is 12.4. The van der Waals surface area contributed by atoms with Crippen LogP contribution < -0.4 is 5.56 Å². The summed E-state index contributed by atoms with van der Waals surface area (Å²) < 4.78 is 0. The van der Waals surface area contributed by atoms with Gasteiger partial charge in [0.2, 0.25) is 5.56 Å². The van der Waals surface area contributed by atoms with E-state index in [2.05, 4.69) is 4.98 Å². The van der Waals surface area contributed by atoms with Crippen LogP contribution in [0.1, 0.15) is 16.9 Å². The van der Waals surface area contributed by atoms with Crippen molar-refractivity contribution in [3.63, 3.8) is 0 Å². The number of aromatic nitrogens is 1. The van der Waals surface area contributed by atoms with E-state index in [-0.39, 0.29) is 23.2 Å². The molecule has 2 N–H and O–H groups in total. The van der Waals surface area contributed by atoms with Gasteiger partial charge >= 0.3 is 0 Å². The lowest BCUT2D eigenvalue weighted by Gasteiger charge is -2.26. The number of nitrogens with zero attached hydrogens (tertiary/aromatic N) is 2. The zero-order valence-electron chi connectivity index (χ0n) is 11.2. The minimum atomic E-state index is -0.496. The van der Waals surface area contributed by atoms with E-state index < -0.39 is 6.10 Å². The van der Waals surface area contributed by atoms with Gasteiger partial charge in [-0.25, -0.2) is 0 Å². The van der Waals surface area contributed by atoms with Crippen molar-refractivity contribution in [2.45, 2.75) is 18.6 Å². The Hall–Kier alpha value is -1.66. The Kier molecular flexibility index (Phi) is 4.01. The van der Waals surface area contributed by atoms with Crippen LogP contribution >= 0.6 is 0 Å². The normalized spacial score (nSPS) is 23.1. The molecule has 1 aliphatic heterocycles. The number of aliphatic hydroxyl groups is 1. The van der Waals surface area contributed by atoms with E-state index >= 15 is 0 Å². The molecule has 6 nitrogen and oxygen atoms in total. The fourth-order valence-corrected chi connectivity index (χ4v) is 2.46. The first-order valence-corrected chi connectivity index (χ1v) is 6.30. The summed E-state index contributed by atoms with van der Waals surface area (Å²) in [7, 11) is 3.86. The van der Waals surface area contributed by atoms with Crippen LogP contribution in [-0.2, 0) is 0 Å². The Labute approximate surface area is 111 Å². The number of likely N-dealkylation sites (tertiary alicyclic amines) is 1. The van der Waals surface area contributed by atoms with Crippen LogP contribution in [0.4, 0.5) is 0 Å². The van der Waals surface area contributed by atoms with Crippen LogP contribution in [0.25, 0.3) is 0 Å². The predicted octanol–water partition coefficient (Wildman–Crippen LogP) is -0.488. The van der Waals surface area contributed by atoms with Crippen molar-refractivity contribution in [3.8, 4) is 0 Å². The monoisotopic (exact) mass is 265 g/mol. The quantitative estimate of drug-likeness (QED) is 0.773. The largest absolute Gasteiger partial charge is 0.391 e. The van der Waals surface area contributed by atoms with E-state index in [1.807, 2.05) is 19.0 Å². The Morgan fingerprint density at radius 2 is 2.26 bits per heavy atom. The number of carbonyl (C=O) groups excluding carboxylic acids is 1. The number of hydrogen-bond acceptors (Lipinski definition) is 4. The molecule has 1 aliphatic rings. The van der Waals surface area contributed by atoms with Crippen molar-refractivity contribution in [3.05, 3.63) is 34.2 Å². The number of β-amino-alcohol motifs (C(OH)–C–C–N with tert-alkyl or cyclic N) is 1. The van der Waals surface area contributed by atoms with Crippen molar-refractivity contribution in [2.75, 3.05) is 27.2 Å². The average molecular weight is 265 g/mol. The molecule has 0 radical (unpaired) electrons. The first kappa shape index (κ1) is 13.8. The minimum absolute atomic E-state index is 0.0267. The second kappa shape index (κ2) is 5.54. The Bertz CT molecular complexity index is 512. The van der Waals surface area contributed by atoms with Crippen molar-refractivity contribution in [1.29, 1.82) is 0 Å². The van der Waals surface area contributed by atoms with Gasteiger partial charge in [0.25, 0.3) is 5.91 Å². The number of carbonyl (C=O) groups is 1. The highest BCUT2D eigenvalue weighted by Gasteiger charge is 2.35. The highest BCUT2D eigenvalue weighted by Crippen LogP contribution is 2.20. The second-order valence-electron chi connectivity index (χ2n) is 5.19. The van der Waals surface area contributed by atoms with Gasteiger partial charge in [-0.15, -0.1) is 0 Å². The molecule has 1 fully saturated rings. The van der Waals surface area contributed by atoms with E-state index in [9.17, 15) is 14.7 Å². The molecule has 1 aromatic rings. The van der Waals surface area contributed by atoms with E-state index in [1.54, 1.807) is 17.0 Å². The standard InChI is InChI=1S/C13H19N3O3/c1-15(2)7-9-6-10(17)8-16(9)13(19)11-4-3-5-12(18)14-11/h3-5,9-10,17H,6-8H2,1-2H3,(H,14,18). The molecule has 19 heavy (non-hydrogen) atoms. The van der Waals surface area contributed by atoms with E-state index in [0.717, 1.165) is 0 Å². The molecule has 0 bridgehead atoms. The molecule has 1 saturated heterocycles. The van der Waals surface area contributed by atoms with Crippen molar-refractivity contribution >= 4 is 5.91 Å². The Balaban J connectivity index is 2.19. The molecule has 2 heterocycles. The van der Waals surface area contributed by atoms with E-state index in [1.165, 1.54) is 6.07 Å². The van der Waals surface area contributed by atoms with Crippen LogP contribution in [0.2, 0.25) is 0 Å². The second-order valence-corrected chi connectivity index (χ2v) is 5.19. The summed E-state index contributed by atoms with van der Waals surface area (Å²) in [6, 6.07) is 4.48. The van der Waals surface area contributed by atoms with Crippen LogP contribution in [0, 0.1) is 0 Å². The highest BCUT2D eigenvalue weighted by atomic mass is 16.3. The average Bonchev–Trinajstić information content (AvgIpc) is 2.68. The summed E-state index contributed by atoms with van der Waals surface area (Å²) in [4.78, 5) is 29.8. The molecule has 1 aromatic heterocycles. The van der Waals surface area contributed by atoms with Gasteiger partial charge in [-0.3, -0.25) is 9.59 Å². The molecule has 104 valence electrons. The maximum Gasteiger partial charge on any atom is 0.270 e. The minimum Gasteiger partial charge on any atom is -0.391 e. The summed E-state index contributed by atoms with van der Waals surface area (Å²) in [5.74, 6) is -0.235. The highest BCUT2D eigenvalue weighted by molar-refractivity contribution is 5.92. The number of likely N-dealkylation sites (N-methyl/N-ethyl adjacent to an activating group) is 1. The van der Waals surface area contributed by atoms with Gasteiger partial charge in [-0.1, -0.05) is 6.07 Å². The third-order valence-electron chi connectivity index (χ3n) is 3.23. The predicted molar refractivity (Wildman–Crippen MR) is 71.1 cm³/mol. The summed E-state index contributed by atoms with van der Waals surface area (Å²) in [5, 5.41) is 9.75. The molecule has 0 saturated carbocycles. The van der Waals surface area contributed by atoms with E-state index in [0.29, 0.717) is 19.5 Å². The Morgan fingerprint density at radius 3 is 2.89 bits per heavy atom. The molecule has 0 spiro atoms. The fraction of sp³-hybridized carbons (Fsp3) is 0.538. The lowest BCUT2D eigenvalue weighted by atomic mass is 10.2. The number of pyridine rings is 1. The van der Waals surface area contributed by atoms with Crippen LogP contribution in [0.15, 0.2) is 23.0 Å². The molecule has 2 rings (SSSR count). The molecule has 1 amide bonds. The number of aliphatic hydroxyl groups excluding tert-OH is 1. The van der Waals surface area contributed by atoms with Crippen LogP contribution in [-0.4, -0.2) is 65.1 Å². The molecule has 2 unspecified atom stereocenters. The van der Waals surface area contributed by atoms with Crippen molar-refractivity contribution in [1.82, 2.24) is 14.8 Å². The van der Waals surface area contributed by atoms with Gasteiger partial charge < -0.3 is 19.9 Å².